The molecule has 1 amide bonds. The summed E-state index contributed by atoms with van der Waals surface area (Å²) in [4.78, 5) is 23.9. The number of benzene rings is 1. The summed E-state index contributed by atoms with van der Waals surface area (Å²) in [7, 11) is 0. The molecule has 0 saturated carbocycles. The monoisotopic (exact) mass is 369 g/mol. The lowest BCUT2D eigenvalue weighted by Crippen LogP contribution is -2.20. The van der Waals surface area contributed by atoms with Gasteiger partial charge in [0.05, 0.1) is 0 Å². The summed E-state index contributed by atoms with van der Waals surface area (Å²) >= 11 is 5.48. The Hall–Kier alpha value is -3.00. The highest BCUT2D eigenvalue weighted by Crippen LogP contribution is 2.12. The average molecular weight is 369 g/mol. The van der Waals surface area contributed by atoms with Crippen molar-refractivity contribution in [2.75, 3.05) is 5.32 Å². The fourth-order valence-electron chi connectivity index (χ4n) is 2.61. The first-order chi connectivity index (χ1) is 12.5. The summed E-state index contributed by atoms with van der Waals surface area (Å²) in [6.07, 6.45) is 4.42. The number of carbonyl (C=O) groups excluding carboxylic acids is 2. The number of amides is 1. The SMILES string of the molecule is CCc1nn(CC(=O)Nc2cccc(C(C)=O)c2)c(=S)n1-n1cccc1. The largest absolute Gasteiger partial charge is 0.324 e. The zero-order valence-corrected chi connectivity index (χ0v) is 15.4. The summed E-state index contributed by atoms with van der Waals surface area (Å²) in [5, 5.41) is 7.23. The van der Waals surface area contributed by atoms with Gasteiger partial charge < -0.3 is 5.32 Å². The van der Waals surface area contributed by atoms with Gasteiger partial charge in [0.2, 0.25) is 10.7 Å². The predicted molar refractivity (Wildman–Crippen MR) is 101 cm³/mol. The smallest absolute Gasteiger partial charge is 0.246 e. The molecule has 3 rings (SSSR count). The van der Waals surface area contributed by atoms with Crippen LogP contribution in [0.15, 0.2) is 48.8 Å². The Morgan fingerprint density at radius 3 is 2.58 bits per heavy atom. The van der Waals surface area contributed by atoms with Gasteiger partial charge in [-0.25, -0.2) is 9.36 Å². The standard InChI is InChI=1S/C18H19N5O2S/c1-3-16-20-22(18(26)23(16)21-9-4-5-10-21)12-17(25)19-15-8-6-7-14(11-15)13(2)24/h4-11H,3,12H2,1-2H3,(H,19,25). The van der Waals surface area contributed by atoms with E-state index in [0.717, 1.165) is 5.82 Å². The van der Waals surface area contributed by atoms with Crippen molar-refractivity contribution >= 4 is 29.6 Å². The van der Waals surface area contributed by atoms with Crippen molar-refractivity contribution < 1.29 is 9.59 Å². The van der Waals surface area contributed by atoms with Crippen molar-refractivity contribution in [1.82, 2.24) is 19.1 Å². The second kappa shape index (κ2) is 7.49. The second-order valence-electron chi connectivity index (χ2n) is 5.77. The number of rotatable bonds is 6. The molecular formula is C18H19N5O2S. The first kappa shape index (κ1) is 17.8. The van der Waals surface area contributed by atoms with Crippen LogP contribution in [0.3, 0.4) is 0 Å². The Morgan fingerprint density at radius 2 is 1.92 bits per heavy atom. The number of Topliss-reactive ketones (excluding diaryl/α,β-unsaturated/α-hetero) is 1. The maximum absolute atomic E-state index is 12.4. The third kappa shape index (κ3) is 3.65. The minimum atomic E-state index is -0.262. The lowest BCUT2D eigenvalue weighted by Gasteiger charge is -2.07. The van der Waals surface area contributed by atoms with E-state index in [-0.39, 0.29) is 18.2 Å². The zero-order valence-electron chi connectivity index (χ0n) is 14.5. The number of aromatic nitrogens is 4. The van der Waals surface area contributed by atoms with Gasteiger partial charge in [0.15, 0.2) is 11.6 Å². The van der Waals surface area contributed by atoms with E-state index >= 15 is 0 Å². The molecule has 8 heteroatoms. The Morgan fingerprint density at radius 1 is 1.19 bits per heavy atom. The Bertz CT molecular complexity index is 1000. The van der Waals surface area contributed by atoms with E-state index in [2.05, 4.69) is 10.4 Å². The van der Waals surface area contributed by atoms with Crippen LogP contribution >= 0.6 is 12.2 Å². The van der Waals surface area contributed by atoms with Crippen LogP contribution < -0.4 is 5.32 Å². The first-order valence-electron chi connectivity index (χ1n) is 8.23. The molecule has 0 atom stereocenters. The number of aryl methyl sites for hydroxylation is 1. The van der Waals surface area contributed by atoms with Crippen molar-refractivity contribution in [3.63, 3.8) is 0 Å². The van der Waals surface area contributed by atoms with E-state index in [4.69, 9.17) is 12.2 Å². The molecular weight excluding hydrogens is 350 g/mol. The average Bonchev–Trinajstić information content (AvgIpc) is 3.23. The highest BCUT2D eigenvalue weighted by molar-refractivity contribution is 7.71. The minimum absolute atomic E-state index is 0.00952. The summed E-state index contributed by atoms with van der Waals surface area (Å²) in [6, 6.07) is 10.6. The van der Waals surface area contributed by atoms with Crippen LogP contribution in [0.1, 0.15) is 30.0 Å². The Labute approximate surface area is 155 Å². The van der Waals surface area contributed by atoms with Gasteiger partial charge in [0, 0.05) is 30.1 Å². The summed E-state index contributed by atoms with van der Waals surface area (Å²) < 4.78 is 5.56. The van der Waals surface area contributed by atoms with Crippen molar-refractivity contribution in [3.05, 3.63) is 65.0 Å². The van der Waals surface area contributed by atoms with Gasteiger partial charge in [-0.05, 0) is 43.4 Å². The van der Waals surface area contributed by atoms with Gasteiger partial charge in [0.1, 0.15) is 6.54 Å². The van der Waals surface area contributed by atoms with Gasteiger partial charge in [-0.2, -0.15) is 5.10 Å². The van der Waals surface area contributed by atoms with Crippen molar-refractivity contribution in [3.8, 4) is 0 Å². The molecule has 0 fully saturated rings. The maximum Gasteiger partial charge on any atom is 0.246 e. The van der Waals surface area contributed by atoms with Gasteiger partial charge in [-0.3, -0.25) is 14.3 Å². The number of nitrogens with one attached hydrogen (secondary N) is 1. The van der Waals surface area contributed by atoms with Crippen molar-refractivity contribution in [2.24, 2.45) is 0 Å². The van der Waals surface area contributed by atoms with Crippen LogP contribution in [0.5, 0.6) is 0 Å². The molecule has 0 unspecified atom stereocenters. The lowest BCUT2D eigenvalue weighted by atomic mass is 10.1. The molecule has 0 bridgehead atoms. The van der Waals surface area contributed by atoms with Crippen LogP contribution in [0.4, 0.5) is 5.69 Å². The van der Waals surface area contributed by atoms with E-state index in [1.165, 1.54) is 11.6 Å². The van der Waals surface area contributed by atoms with Crippen LogP contribution in [-0.4, -0.2) is 30.8 Å². The van der Waals surface area contributed by atoms with Gasteiger partial charge in [-0.1, -0.05) is 19.1 Å². The zero-order chi connectivity index (χ0) is 18.7. The third-order valence-corrected chi connectivity index (χ3v) is 4.25. The molecule has 1 aromatic carbocycles. The number of ketones is 1. The summed E-state index contributed by atoms with van der Waals surface area (Å²) in [6.45, 7) is 3.46. The maximum atomic E-state index is 12.4. The number of nitrogens with zero attached hydrogens (tertiary/aromatic N) is 4. The number of hydrogen-bond donors (Lipinski definition) is 1. The van der Waals surface area contributed by atoms with E-state index in [0.29, 0.717) is 22.4 Å². The molecule has 0 radical (unpaired) electrons. The number of anilines is 1. The van der Waals surface area contributed by atoms with Gasteiger partial charge in [0.25, 0.3) is 0 Å². The molecule has 26 heavy (non-hydrogen) atoms. The van der Waals surface area contributed by atoms with Crippen molar-refractivity contribution in [2.45, 2.75) is 26.8 Å². The van der Waals surface area contributed by atoms with E-state index in [1.54, 1.807) is 28.9 Å². The Balaban J connectivity index is 1.81. The van der Waals surface area contributed by atoms with E-state index in [9.17, 15) is 9.59 Å². The van der Waals surface area contributed by atoms with Crippen LogP contribution in [0, 0.1) is 4.77 Å². The summed E-state index contributed by atoms with van der Waals surface area (Å²) in [5.41, 5.74) is 1.11. The van der Waals surface area contributed by atoms with Gasteiger partial charge >= 0.3 is 0 Å². The molecule has 7 nitrogen and oxygen atoms in total. The van der Waals surface area contributed by atoms with Crippen molar-refractivity contribution in [1.29, 1.82) is 0 Å². The van der Waals surface area contributed by atoms with Crippen LogP contribution in [-0.2, 0) is 17.8 Å². The molecule has 1 N–H and O–H groups in total. The molecule has 0 aliphatic rings. The molecule has 2 heterocycles. The third-order valence-electron chi connectivity index (χ3n) is 3.86. The molecule has 0 spiro atoms. The fraction of sp³-hybridized carbons (Fsp3) is 0.222. The highest BCUT2D eigenvalue weighted by atomic mass is 32.1. The predicted octanol–water partition coefficient (Wildman–Crippen LogP) is 2.93. The molecule has 2 aromatic heterocycles. The lowest BCUT2D eigenvalue weighted by molar-refractivity contribution is -0.116. The van der Waals surface area contributed by atoms with Crippen LogP contribution in [0.2, 0.25) is 0 Å². The fourth-order valence-corrected chi connectivity index (χ4v) is 2.92. The quantitative estimate of drug-likeness (QED) is 0.536. The van der Waals surface area contributed by atoms with E-state index in [1.807, 2.05) is 36.1 Å². The second-order valence-corrected chi connectivity index (χ2v) is 6.14. The van der Waals surface area contributed by atoms with Gasteiger partial charge in [-0.15, -0.1) is 0 Å². The highest BCUT2D eigenvalue weighted by Gasteiger charge is 2.13. The topological polar surface area (TPSA) is 73.8 Å². The van der Waals surface area contributed by atoms with Crippen LogP contribution in [0.25, 0.3) is 0 Å². The first-order valence-corrected chi connectivity index (χ1v) is 8.63. The number of hydrogen-bond acceptors (Lipinski definition) is 4. The normalized spacial score (nSPS) is 10.7. The Kier molecular flexibility index (Phi) is 5.13. The van der Waals surface area contributed by atoms with E-state index < -0.39 is 0 Å². The molecule has 3 aromatic rings. The molecule has 0 aliphatic heterocycles. The molecule has 0 aliphatic carbocycles. The minimum Gasteiger partial charge on any atom is -0.324 e. The summed E-state index contributed by atoms with van der Waals surface area (Å²) in [5.74, 6) is 0.445. The molecule has 134 valence electrons. The number of carbonyl (C=O) groups is 2. The molecule has 0 saturated heterocycles.